The topological polar surface area (TPSA) is 59.1 Å². The zero-order valence-electron chi connectivity index (χ0n) is 18.5. The summed E-state index contributed by atoms with van der Waals surface area (Å²) in [6, 6.07) is 25.9. The van der Waals surface area contributed by atoms with Gasteiger partial charge < -0.3 is 4.74 Å². The summed E-state index contributed by atoms with van der Waals surface area (Å²) in [7, 11) is 0. The highest BCUT2D eigenvalue weighted by Gasteiger charge is 2.60. The van der Waals surface area contributed by atoms with E-state index in [-0.39, 0.29) is 11.8 Å². The average molecular weight is 443 g/mol. The summed E-state index contributed by atoms with van der Waals surface area (Å²) in [6.07, 6.45) is 1.19. The van der Waals surface area contributed by atoms with Gasteiger partial charge in [0.05, 0.1) is 24.0 Å². The first-order valence-electron chi connectivity index (χ1n) is 11.4. The van der Waals surface area contributed by atoms with Crippen LogP contribution in [-0.4, -0.2) is 24.5 Å². The van der Waals surface area contributed by atoms with Crippen molar-refractivity contribution in [3.8, 4) is 5.75 Å². The van der Waals surface area contributed by atoms with Gasteiger partial charge in [-0.05, 0) is 48.4 Å². The van der Waals surface area contributed by atoms with E-state index in [1.54, 1.807) is 17.2 Å². The summed E-state index contributed by atoms with van der Waals surface area (Å²) in [5, 5.41) is 1.71. The van der Waals surface area contributed by atoms with Gasteiger partial charge in [-0.2, -0.15) is 0 Å². The number of hydroxylamine groups is 1. The van der Waals surface area contributed by atoms with Crippen molar-refractivity contribution in [1.82, 2.24) is 0 Å². The molecule has 168 valence electrons. The van der Waals surface area contributed by atoms with E-state index in [0.717, 1.165) is 29.8 Å². The number of para-hydroxylation sites is 2. The molecule has 5 rings (SSSR count). The van der Waals surface area contributed by atoms with Gasteiger partial charge in [-0.3, -0.25) is 14.4 Å². The van der Waals surface area contributed by atoms with E-state index < -0.39 is 18.1 Å². The van der Waals surface area contributed by atoms with E-state index >= 15 is 0 Å². The summed E-state index contributed by atoms with van der Waals surface area (Å²) in [5.74, 6) is -0.444. The molecule has 0 radical (unpaired) electrons. The normalized spacial score (nSPS) is 22.0. The van der Waals surface area contributed by atoms with Crippen LogP contribution in [0.2, 0.25) is 0 Å². The molecule has 2 fully saturated rings. The molecule has 2 aliphatic rings. The zero-order valence-corrected chi connectivity index (χ0v) is 18.5. The first kappa shape index (κ1) is 21.2. The molecule has 0 aromatic heterocycles. The second-order valence-electron chi connectivity index (χ2n) is 8.28. The molecule has 3 aromatic rings. The predicted molar refractivity (Wildman–Crippen MR) is 126 cm³/mol. The molecule has 0 spiro atoms. The Hall–Kier alpha value is -3.64. The molecular formula is C27H26N2O4. The van der Waals surface area contributed by atoms with Gasteiger partial charge in [0.1, 0.15) is 11.7 Å². The number of hydrogen-bond donors (Lipinski definition) is 0. The van der Waals surface area contributed by atoms with Crippen LogP contribution in [0.15, 0.2) is 84.9 Å². The smallest absolute Gasteiger partial charge is 0.266 e. The van der Waals surface area contributed by atoms with Crippen molar-refractivity contribution in [1.29, 1.82) is 0 Å². The summed E-state index contributed by atoms with van der Waals surface area (Å²) in [5.41, 5.74) is 2.26. The molecule has 6 nitrogen and oxygen atoms in total. The predicted octanol–water partition coefficient (Wildman–Crippen LogP) is 4.92. The number of amides is 2. The highest BCUT2D eigenvalue weighted by Crippen LogP contribution is 2.47. The van der Waals surface area contributed by atoms with Gasteiger partial charge in [0.25, 0.3) is 5.91 Å². The summed E-state index contributed by atoms with van der Waals surface area (Å²) < 4.78 is 5.80. The van der Waals surface area contributed by atoms with Crippen molar-refractivity contribution in [3.05, 3.63) is 90.5 Å². The molecule has 2 heterocycles. The van der Waals surface area contributed by atoms with Gasteiger partial charge in [-0.25, -0.2) is 9.96 Å². The van der Waals surface area contributed by atoms with Crippen LogP contribution in [0.4, 0.5) is 11.4 Å². The van der Waals surface area contributed by atoms with Crippen LogP contribution in [0, 0.1) is 5.92 Å². The second kappa shape index (κ2) is 9.08. The summed E-state index contributed by atoms with van der Waals surface area (Å²) >= 11 is 0. The first-order chi connectivity index (χ1) is 16.2. The average Bonchev–Trinajstić information content (AvgIpc) is 3.37. The fourth-order valence-corrected chi connectivity index (χ4v) is 4.48. The van der Waals surface area contributed by atoms with Crippen molar-refractivity contribution in [2.24, 2.45) is 5.92 Å². The lowest BCUT2D eigenvalue weighted by Crippen LogP contribution is -2.37. The molecule has 0 aliphatic carbocycles. The Labute approximate surface area is 193 Å². The van der Waals surface area contributed by atoms with Crippen molar-refractivity contribution in [2.75, 3.05) is 16.6 Å². The van der Waals surface area contributed by atoms with Gasteiger partial charge in [-0.15, -0.1) is 0 Å². The molecule has 3 atom stereocenters. The monoisotopic (exact) mass is 442 g/mol. The minimum absolute atomic E-state index is 0.247. The van der Waals surface area contributed by atoms with Gasteiger partial charge in [0.15, 0.2) is 6.10 Å². The van der Waals surface area contributed by atoms with Crippen LogP contribution >= 0.6 is 0 Å². The third kappa shape index (κ3) is 3.87. The minimum Gasteiger partial charge on any atom is -0.494 e. The van der Waals surface area contributed by atoms with Crippen molar-refractivity contribution >= 4 is 23.2 Å². The van der Waals surface area contributed by atoms with Gasteiger partial charge in [0, 0.05) is 0 Å². The van der Waals surface area contributed by atoms with Crippen LogP contribution in [0.5, 0.6) is 5.75 Å². The maximum absolute atomic E-state index is 13.6. The van der Waals surface area contributed by atoms with Crippen LogP contribution in [0.25, 0.3) is 0 Å². The van der Waals surface area contributed by atoms with E-state index in [4.69, 9.17) is 9.57 Å². The van der Waals surface area contributed by atoms with Crippen LogP contribution < -0.4 is 14.7 Å². The maximum atomic E-state index is 13.6. The highest BCUT2D eigenvalue weighted by molar-refractivity contribution is 6.23. The zero-order chi connectivity index (χ0) is 22.8. The second-order valence-corrected chi connectivity index (χ2v) is 8.28. The first-order valence-corrected chi connectivity index (χ1v) is 11.4. The molecule has 0 bridgehead atoms. The summed E-state index contributed by atoms with van der Waals surface area (Å²) in [6.45, 7) is 2.79. The number of rotatable bonds is 7. The number of ether oxygens (including phenoxy) is 1. The third-order valence-electron chi connectivity index (χ3n) is 6.13. The number of hydrogen-bond acceptors (Lipinski definition) is 5. The van der Waals surface area contributed by atoms with Crippen LogP contribution in [0.1, 0.15) is 31.4 Å². The number of carbonyl (C=O) groups excluding carboxylic acids is 2. The Kier molecular flexibility index (Phi) is 5.84. The van der Waals surface area contributed by atoms with Crippen LogP contribution in [-0.2, 0) is 14.4 Å². The summed E-state index contributed by atoms with van der Waals surface area (Å²) in [4.78, 5) is 34.3. The van der Waals surface area contributed by atoms with E-state index in [1.165, 1.54) is 4.90 Å². The Bertz CT molecular complexity index is 1120. The molecule has 3 aromatic carbocycles. The Morgan fingerprint density at radius 3 is 2.09 bits per heavy atom. The van der Waals surface area contributed by atoms with E-state index in [2.05, 4.69) is 6.92 Å². The molecule has 0 unspecified atom stereocenters. The third-order valence-corrected chi connectivity index (χ3v) is 6.13. The van der Waals surface area contributed by atoms with E-state index in [0.29, 0.717) is 12.3 Å². The molecule has 0 saturated carbocycles. The van der Waals surface area contributed by atoms with Gasteiger partial charge in [-0.1, -0.05) is 61.9 Å². The molecule has 0 N–H and O–H groups in total. The molecule has 33 heavy (non-hydrogen) atoms. The fourth-order valence-electron chi connectivity index (χ4n) is 4.48. The minimum atomic E-state index is -0.872. The number of anilines is 2. The fraction of sp³-hybridized carbons (Fsp3) is 0.259. The molecule has 6 heteroatoms. The van der Waals surface area contributed by atoms with E-state index in [9.17, 15) is 9.59 Å². The number of imide groups is 1. The number of unbranched alkanes of at least 4 members (excludes halogenated alkanes) is 1. The van der Waals surface area contributed by atoms with Crippen LogP contribution in [0.3, 0.4) is 0 Å². The molecule has 2 amide bonds. The lowest BCUT2D eigenvalue weighted by Gasteiger charge is -2.28. The molecule has 2 aliphatic heterocycles. The number of nitrogens with zero attached hydrogens (tertiary/aromatic N) is 2. The highest BCUT2D eigenvalue weighted by atomic mass is 16.7. The standard InChI is InChI=1S/C27H26N2O4/c1-2-3-18-32-22-16-14-19(15-17-22)24-23-25(33-29(24)21-12-8-5-9-13-21)27(31)28(26(23)30)20-10-6-4-7-11-20/h4-17,23-25H,2-3,18H2,1H3/t23-,24-,25+/m1/s1. The van der Waals surface area contributed by atoms with Gasteiger partial charge >= 0.3 is 0 Å². The van der Waals surface area contributed by atoms with Crippen molar-refractivity contribution in [3.63, 3.8) is 0 Å². The van der Waals surface area contributed by atoms with E-state index in [1.807, 2.05) is 72.8 Å². The van der Waals surface area contributed by atoms with Crippen molar-refractivity contribution < 1.29 is 19.2 Å². The van der Waals surface area contributed by atoms with Gasteiger partial charge in [0.2, 0.25) is 5.91 Å². The Morgan fingerprint density at radius 1 is 0.818 bits per heavy atom. The largest absolute Gasteiger partial charge is 0.494 e. The Morgan fingerprint density at radius 2 is 1.45 bits per heavy atom. The lowest BCUT2D eigenvalue weighted by molar-refractivity contribution is -0.126. The number of carbonyl (C=O) groups is 2. The number of benzene rings is 3. The quantitative estimate of drug-likeness (QED) is 0.384. The van der Waals surface area contributed by atoms with Crippen molar-refractivity contribution in [2.45, 2.75) is 31.9 Å². The maximum Gasteiger partial charge on any atom is 0.266 e. The SMILES string of the molecule is CCCCOc1ccc([C@@H]2[C@H]3C(=O)N(c4ccccc4)C(=O)[C@H]3ON2c2ccccc2)cc1. The number of fused-ring (bicyclic) bond motifs is 1. The Balaban J connectivity index is 1.50. The molecular weight excluding hydrogens is 416 g/mol. The lowest BCUT2D eigenvalue weighted by atomic mass is 9.90. The molecule has 2 saturated heterocycles.